The lowest BCUT2D eigenvalue weighted by molar-refractivity contribution is 0.0951. The van der Waals surface area contributed by atoms with E-state index in [9.17, 15) is 9.90 Å². The van der Waals surface area contributed by atoms with E-state index in [1.807, 2.05) is 36.4 Å². The van der Waals surface area contributed by atoms with Crippen LogP contribution in [0.5, 0.6) is 0 Å². The van der Waals surface area contributed by atoms with E-state index >= 15 is 0 Å². The first-order valence-corrected chi connectivity index (χ1v) is 10.9. The van der Waals surface area contributed by atoms with E-state index < -0.39 is 0 Å². The normalized spacial score (nSPS) is 13.4. The summed E-state index contributed by atoms with van der Waals surface area (Å²) in [5, 5.41) is 14.3. The second-order valence-electron chi connectivity index (χ2n) is 8.24. The van der Waals surface area contributed by atoms with Crippen LogP contribution in [0, 0.1) is 0 Å². The summed E-state index contributed by atoms with van der Waals surface area (Å²) < 4.78 is 2.21. The van der Waals surface area contributed by atoms with Gasteiger partial charge in [0, 0.05) is 40.6 Å². The Morgan fingerprint density at radius 2 is 1.91 bits per heavy atom. The van der Waals surface area contributed by atoms with Gasteiger partial charge in [-0.05, 0) is 67.1 Å². The van der Waals surface area contributed by atoms with E-state index in [1.165, 1.54) is 11.3 Å². The molecule has 6 N–H and O–H groups in total. The molecule has 0 radical (unpaired) electrons. The standard InChI is InChI=1S/C24H26N6O2/c25-22-18-11-14(5-7-19(18)28-24(26)29-22)13-27-23(32)15-6-8-21-17(12-15)16-3-1-2-4-20(16)30(21)9-10-31/h5-8,11-12,31H,1-4,9-10,13H2,(H,27,32)(H4,25,26,28,29). The molecule has 1 amide bonds. The van der Waals surface area contributed by atoms with Crippen molar-refractivity contribution in [2.45, 2.75) is 38.8 Å². The van der Waals surface area contributed by atoms with E-state index in [0.717, 1.165) is 42.1 Å². The molecule has 32 heavy (non-hydrogen) atoms. The number of nitrogens with zero attached hydrogens (tertiary/aromatic N) is 3. The number of nitrogens with one attached hydrogen (secondary N) is 1. The van der Waals surface area contributed by atoms with Gasteiger partial charge in [-0.2, -0.15) is 4.98 Å². The molecule has 0 bridgehead atoms. The molecular formula is C24H26N6O2. The highest BCUT2D eigenvalue weighted by Crippen LogP contribution is 2.33. The van der Waals surface area contributed by atoms with Gasteiger partial charge in [0.05, 0.1) is 12.1 Å². The molecule has 1 aliphatic carbocycles. The molecule has 0 fully saturated rings. The third kappa shape index (κ3) is 3.52. The van der Waals surface area contributed by atoms with Gasteiger partial charge in [-0.15, -0.1) is 0 Å². The number of carbonyl (C=O) groups excluding carboxylic acids is 1. The minimum absolute atomic E-state index is 0.104. The first-order chi connectivity index (χ1) is 15.5. The monoisotopic (exact) mass is 430 g/mol. The number of nitrogen functional groups attached to an aromatic ring is 2. The largest absolute Gasteiger partial charge is 0.395 e. The van der Waals surface area contributed by atoms with E-state index in [-0.39, 0.29) is 18.5 Å². The Balaban J connectivity index is 1.40. The summed E-state index contributed by atoms with van der Waals surface area (Å²) in [6, 6.07) is 11.4. The van der Waals surface area contributed by atoms with Gasteiger partial charge >= 0.3 is 0 Å². The topological polar surface area (TPSA) is 132 Å². The molecular weight excluding hydrogens is 404 g/mol. The summed E-state index contributed by atoms with van der Waals surface area (Å²) in [6.07, 6.45) is 4.35. The zero-order valence-electron chi connectivity index (χ0n) is 17.8. The number of aliphatic hydroxyl groups is 1. The maximum atomic E-state index is 12.9. The maximum Gasteiger partial charge on any atom is 0.251 e. The predicted octanol–water partition coefficient (Wildman–Crippen LogP) is 2.55. The van der Waals surface area contributed by atoms with Crippen molar-refractivity contribution in [1.29, 1.82) is 0 Å². The van der Waals surface area contributed by atoms with Crippen LogP contribution >= 0.6 is 0 Å². The maximum absolute atomic E-state index is 12.9. The number of carbonyl (C=O) groups is 1. The van der Waals surface area contributed by atoms with Crippen molar-refractivity contribution in [3.63, 3.8) is 0 Å². The van der Waals surface area contributed by atoms with Crippen LogP contribution in [0.2, 0.25) is 0 Å². The Bertz CT molecular complexity index is 1340. The Morgan fingerprint density at radius 3 is 2.75 bits per heavy atom. The Hall–Kier alpha value is -3.65. The number of anilines is 2. The van der Waals surface area contributed by atoms with Gasteiger partial charge in [0.25, 0.3) is 5.91 Å². The average Bonchev–Trinajstić information content (AvgIpc) is 3.11. The van der Waals surface area contributed by atoms with Crippen molar-refractivity contribution in [1.82, 2.24) is 19.9 Å². The van der Waals surface area contributed by atoms with Crippen LogP contribution in [0.15, 0.2) is 36.4 Å². The van der Waals surface area contributed by atoms with Crippen molar-refractivity contribution < 1.29 is 9.90 Å². The molecule has 8 nitrogen and oxygen atoms in total. The molecule has 164 valence electrons. The van der Waals surface area contributed by atoms with Crippen LogP contribution < -0.4 is 16.8 Å². The average molecular weight is 431 g/mol. The Morgan fingerprint density at radius 1 is 1.06 bits per heavy atom. The number of aryl methyl sites for hydroxylation is 1. The van der Waals surface area contributed by atoms with Crippen molar-refractivity contribution in [2.24, 2.45) is 0 Å². The SMILES string of the molecule is Nc1nc(N)c2cc(CNC(=O)c3ccc4c(c3)c3c(n4CCO)CCCC3)ccc2n1. The van der Waals surface area contributed by atoms with Gasteiger partial charge in [-0.3, -0.25) is 4.79 Å². The van der Waals surface area contributed by atoms with Crippen LogP contribution in [0.4, 0.5) is 11.8 Å². The van der Waals surface area contributed by atoms with E-state index in [1.54, 1.807) is 0 Å². The van der Waals surface area contributed by atoms with Gasteiger partial charge in [-0.1, -0.05) is 6.07 Å². The van der Waals surface area contributed by atoms with E-state index in [0.29, 0.717) is 35.4 Å². The summed E-state index contributed by atoms with van der Waals surface area (Å²) in [5.74, 6) is 0.331. The molecule has 2 aromatic carbocycles. The highest BCUT2D eigenvalue weighted by molar-refractivity contribution is 5.99. The zero-order chi connectivity index (χ0) is 22.2. The lowest BCUT2D eigenvalue weighted by atomic mass is 9.95. The van der Waals surface area contributed by atoms with Crippen LogP contribution in [0.3, 0.4) is 0 Å². The predicted molar refractivity (Wildman–Crippen MR) is 125 cm³/mol. The fourth-order valence-corrected chi connectivity index (χ4v) is 4.74. The molecule has 4 aromatic rings. The Labute approximate surface area is 185 Å². The van der Waals surface area contributed by atoms with Crippen LogP contribution in [-0.2, 0) is 25.9 Å². The van der Waals surface area contributed by atoms with Gasteiger partial charge in [0.2, 0.25) is 5.95 Å². The summed E-state index contributed by atoms with van der Waals surface area (Å²) >= 11 is 0. The zero-order valence-corrected chi connectivity index (χ0v) is 17.8. The number of fused-ring (bicyclic) bond motifs is 4. The van der Waals surface area contributed by atoms with Gasteiger partial charge < -0.3 is 26.5 Å². The van der Waals surface area contributed by atoms with E-state index in [2.05, 4.69) is 19.9 Å². The van der Waals surface area contributed by atoms with Crippen molar-refractivity contribution in [3.8, 4) is 0 Å². The number of aromatic nitrogens is 3. The van der Waals surface area contributed by atoms with Crippen LogP contribution in [0.1, 0.15) is 40.0 Å². The number of hydrogen-bond donors (Lipinski definition) is 4. The van der Waals surface area contributed by atoms with Crippen molar-refractivity contribution in [3.05, 3.63) is 58.8 Å². The molecule has 2 heterocycles. The van der Waals surface area contributed by atoms with Crippen molar-refractivity contribution >= 4 is 39.5 Å². The third-order valence-electron chi connectivity index (χ3n) is 6.22. The first kappa shape index (κ1) is 20.3. The fourth-order valence-electron chi connectivity index (χ4n) is 4.74. The number of nitrogens with two attached hydrogens (primary N) is 2. The Kier molecular flexibility index (Phi) is 5.14. The van der Waals surface area contributed by atoms with Gasteiger partial charge in [-0.25, -0.2) is 4.98 Å². The quantitative estimate of drug-likeness (QED) is 0.385. The second-order valence-corrected chi connectivity index (χ2v) is 8.24. The summed E-state index contributed by atoms with van der Waals surface area (Å²) in [4.78, 5) is 21.1. The van der Waals surface area contributed by atoms with Gasteiger partial charge in [0.1, 0.15) is 5.82 Å². The smallest absolute Gasteiger partial charge is 0.251 e. The molecule has 0 unspecified atom stereocenters. The minimum Gasteiger partial charge on any atom is -0.395 e. The van der Waals surface area contributed by atoms with Crippen LogP contribution in [-0.4, -0.2) is 32.2 Å². The molecule has 2 aromatic heterocycles. The number of aliphatic hydroxyl groups excluding tert-OH is 1. The van der Waals surface area contributed by atoms with Crippen LogP contribution in [0.25, 0.3) is 21.8 Å². The number of hydrogen-bond acceptors (Lipinski definition) is 6. The summed E-state index contributed by atoms with van der Waals surface area (Å²) in [7, 11) is 0. The first-order valence-electron chi connectivity index (χ1n) is 10.9. The molecule has 1 aliphatic rings. The highest BCUT2D eigenvalue weighted by atomic mass is 16.3. The lowest BCUT2D eigenvalue weighted by Gasteiger charge is -2.15. The molecule has 0 saturated carbocycles. The number of benzene rings is 2. The third-order valence-corrected chi connectivity index (χ3v) is 6.22. The minimum atomic E-state index is -0.131. The number of amides is 1. The lowest BCUT2D eigenvalue weighted by Crippen LogP contribution is -2.22. The molecule has 8 heteroatoms. The highest BCUT2D eigenvalue weighted by Gasteiger charge is 2.21. The number of rotatable bonds is 5. The summed E-state index contributed by atoms with van der Waals surface area (Å²) in [6.45, 7) is 1.05. The van der Waals surface area contributed by atoms with Gasteiger partial charge in [0.15, 0.2) is 0 Å². The summed E-state index contributed by atoms with van der Waals surface area (Å²) in [5.41, 5.74) is 17.5. The molecule has 0 atom stereocenters. The fraction of sp³-hybridized carbons (Fsp3) is 0.292. The molecule has 0 saturated heterocycles. The second kappa shape index (κ2) is 8.12. The molecule has 5 rings (SSSR count). The molecule has 0 aliphatic heterocycles. The van der Waals surface area contributed by atoms with Crippen molar-refractivity contribution in [2.75, 3.05) is 18.1 Å². The molecule has 0 spiro atoms. The van der Waals surface area contributed by atoms with E-state index in [4.69, 9.17) is 11.5 Å².